The van der Waals surface area contributed by atoms with E-state index < -0.39 is 0 Å². The lowest BCUT2D eigenvalue weighted by Crippen LogP contribution is -2.32. The van der Waals surface area contributed by atoms with E-state index in [1.165, 1.54) is 16.7 Å². The van der Waals surface area contributed by atoms with Gasteiger partial charge in [0.2, 0.25) is 0 Å². The number of rotatable bonds is 7. The molecule has 1 atom stereocenters. The van der Waals surface area contributed by atoms with Gasteiger partial charge in [0.25, 0.3) is 0 Å². The highest BCUT2D eigenvalue weighted by molar-refractivity contribution is 5.33. The second-order valence-corrected chi connectivity index (χ2v) is 6.55. The molecule has 3 rings (SSSR count). The van der Waals surface area contributed by atoms with E-state index in [2.05, 4.69) is 72.9 Å². The summed E-state index contributed by atoms with van der Waals surface area (Å²) in [7, 11) is 0. The number of phenols is 1. The maximum atomic E-state index is 9.40. The largest absolute Gasteiger partial charge is 0.508 e. The molecule has 2 N–H and O–H groups in total. The van der Waals surface area contributed by atoms with Crippen molar-refractivity contribution in [2.24, 2.45) is 0 Å². The number of hydrogen-bond acceptors (Lipinski definition) is 2. The van der Waals surface area contributed by atoms with Gasteiger partial charge in [0, 0.05) is 18.5 Å². The van der Waals surface area contributed by atoms with Gasteiger partial charge in [-0.1, -0.05) is 72.8 Å². The van der Waals surface area contributed by atoms with Gasteiger partial charge in [-0.3, -0.25) is 0 Å². The Bertz CT molecular complexity index is 714. The summed E-state index contributed by atoms with van der Waals surface area (Å²) in [5, 5.41) is 13.1. The monoisotopic (exact) mass is 331 g/mol. The normalized spacial score (nSPS) is 12.2. The molecule has 0 saturated carbocycles. The molecular formula is C23H25NO. The summed E-state index contributed by atoms with van der Waals surface area (Å²) >= 11 is 0. The van der Waals surface area contributed by atoms with Crippen LogP contribution in [0.2, 0.25) is 0 Å². The molecule has 0 aliphatic rings. The molecule has 0 saturated heterocycles. The van der Waals surface area contributed by atoms with Crippen LogP contribution in [0.15, 0.2) is 84.9 Å². The van der Waals surface area contributed by atoms with Crippen molar-refractivity contribution in [2.75, 3.05) is 6.54 Å². The minimum atomic E-state index is 0.317. The van der Waals surface area contributed by atoms with Crippen molar-refractivity contribution in [3.63, 3.8) is 0 Å². The molecule has 0 spiro atoms. The minimum Gasteiger partial charge on any atom is -0.508 e. The third kappa shape index (κ3) is 4.94. The van der Waals surface area contributed by atoms with Gasteiger partial charge in [-0.05, 0) is 42.2 Å². The van der Waals surface area contributed by atoms with Crippen LogP contribution in [0.3, 0.4) is 0 Å². The second kappa shape index (κ2) is 8.50. The Morgan fingerprint density at radius 1 is 0.760 bits per heavy atom. The molecule has 0 aromatic heterocycles. The fourth-order valence-electron chi connectivity index (χ4n) is 3.18. The van der Waals surface area contributed by atoms with Crippen molar-refractivity contribution in [3.05, 3.63) is 102 Å². The molecule has 0 amide bonds. The van der Waals surface area contributed by atoms with Crippen molar-refractivity contribution in [2.45, 2.75) is 25.3 Å². The van der Waals surface area contributed by atoms with Crippen LogP contribution >= 0.6 is 0 Å². The van der Waals surface area contributed by atoms with Gasteiger partial charge in [0.15, 0.2) is 0 Å². The average Bonchev–Trinajstić information content (AvgIpc) is 2.66. The van der Waals surface area contributed by atoms with Gasteiger partial charge in [0.1, 0.15) is 5.75 Å². The molecule has 0 heterocycles. The number of phenolic OH excluding ortho intramolecular Hbond substituents is 1. The second-order valence-electron chi connectivity index (χ2n) is 6.55. The van der Waals surface area contributed by atoms with Crippen LogP contribution in [0.1, 0.15) is 29.5 Å². The number of benzene rings is 3. The van der Waals surface area contributed by atoms with Gasteiger partial charge in [-0.25, -0.2) is 0 Å². The SMILES string of the molecule is CC(Cc1ccc(O)cc1)NCC(c1ccccc1)c1ccccc1. The highest BCUT2D eigenvalue weighted by Gasteiger charge is 2.15. The van der Waals surface area contributed by atoms with Gasteiger partial charge >= 0.3 is 0 Å². The van der Waals surface area contributed by atoms with Gasteiger partial charge in [0.05, 0.1) is 0 Å². The van der Waals surface area contributed by atoms with Crippen molar-refractivity contribution in [1.82, 2.24) is 5.32 Å². The van der Waals surface area contributed by atoms with Crippen LogP contribution in [0.25, 0.3) is 0 Å². The standard InChI is InChI=1S/C23H25NO/c1-18(16-19-12-14-22(25)15-13-19)24-17-23(20-8-4-2-5-9-20)21-10-6-3-7-11-21/h2-15,18,23-25H,16-17H2,1H3. The number of nitrogens with one attached hydrogen (secondary N) is 1. The van der Waals surface area contributed by atoms with Gasteiger partial charge in [-0.15, -0.1) is 0 Å². The number of hydrogen-bond donors (Lipinski definition) is 2. The van der Waals surface area contributed by atoms with Gasteiger partial charge < -0.3 is 10.4 Å². The molecule has 25 heavy (non-hydrogen) atoms. The lowest BCUT2D eigenvalue weighted by atomic mass is 9.91. The zero-order valence-electron chi connectivity index (χ0n) is 14.6. The van der Waals surface area contributed by atoms with Crippen LogP contribution in [0.4, 0.5) is 0 Å². The predicted octanol–water partition coefficient (Wildman–Crippen LogP) is 4.74. The van der Waals surface area contributed by atoms with E-state index in [4.69, 9.17) is 0 Å². The molecule has 3 aromatic carbocycles. The molecule has 0 fully saturated rings. The Morgan fingerprint density at radius 2 is 1.28 bits per heavy atom. The van der Waals surface area contributed by atoms with E-state index >= 15 is 0 Å². The first-order valence-electron chi connectivity index (χ1n) is 8.83. The molecule has 2 nitrogen and oxygen atoms in total. The Balaban J connectivity index is 1.67. The molecule has 3 aromatic rings. The summed E-state index contributed by atoms with van der Waals surface area (Å²) in [6.07, 6.45) is 0.941. The molecule has 0 aliphatic carbocycles. The van der Waals surface area contributed by atoms with Gasteiger partial charge in [-0.2, -0.15) is 0 Å². The third-order valence-corrected chi connectivity index (χ3v) is 4.55. The summed E-state index contributed by atoms with van der Waals surface area (Å²) in [5.41, 5.74) is 3.89. The fourth-order valence-corrected chi connectivity index (χ4v) is 3.18. The third-order valence-electron chi connectivity index (χ3n) is 4.55. The fraction of sp³-hybridized carbons (Fsp3) is 0.217. The smallest absolute Gasteiger partial charge is 0.115 e. The van der Waals surface area contributed by atoms with Crippen LogP contribution in [-0.4, -0.2) is 17.7 Å². The lowest BCUT2D eigenvalue weighted by molar-refractivity contribution is 0.474. The van der Waals surface area contributed by atoms with E-state index in [9.17, 15) is 5.11 Å². The molecule has 0 radical (unpaired) electrons. The Kier molecular flexibility index (Phi) is 5.86. The first-order chi connectivity index (χ1) is 12.2. The van der Waals surface area contributed by atoms with E-state index in [0.29, 0.717) is 17.7 Å². The summed E-state index contributed by atoms with van der Waals surface area (Å²) in [5.74, 6) is 0.655. The quantitative estimate of drug-likeness (QED) is 0.655. The van der Waals surface area contributed by atoms with E-state index in [-0.39, 0.29) is 0 Å². The summed E-state index contributed by atoms with van der Waals surface area (Å²) < 4.78 is 0. The zero-order chi connectivity index (χ0) is 17.5. The molecule has 0 bridgehead atoms. The summed E-state index contributed by atoms with van der Waals surface area (Å²) in [4.78, 5) is 0. The maximum absolute atomic E-state index is 9.40. The maximum Gasteiger partial charge on any atom is 0.115 e. The Morgan fingerprint density at radius 3 is 1.80 bits per heavy atom. The van der Waals surface area contributed by atoms with Crippen LogP contribution < -0.4 is 5.32 Å². The molecule has 128 valence electrons. The Hall–Kier alpha value is -2.58. The highest BCUT2D eigenvalue weighted by atomic mass is 16.3. The highest BCUT2D eigenvalue weighted by Crippen LogP contribution is 2.24. The van der Waals surface area contributed by atoms with Crippen LogP contribution in [-0.2, 0) is 6.42 Å². The summed E-state index contributed by atoms with van der Waals surface area (Å²) in [6, 6.07) is 29.2. The molecule has 1 unspecified atom stereocenters. The average molecular weight is 331 g/mol. The zero-order valence-corrected chi connectivity index (χ0v) is 14.6. The minimum absolute atomic E-state index is 0.317. The van der Waals surface area contributed by atoms with E-state index in [1.54, 1.807) is 12.1 Å². The molecule has 0 aliphatic heterocycles. The predicted molar refractivity (Wildman–Crippen MR) is 104 cm³/mol. The first kappa shape index (κ1) is 17.2. The van der Waals surface area contributed by atoms with Crippen molar-refractivity contribution < 1.29 is 5.11 Å². The van der Waals surface area contributed by atoms with Crippen LogP contribution in [0, 0.1) is 0 Å². The van der Waals surface area contributed by atoms with Crippen molar-refractivity contribution in [3.8, 4) is 5.75 Å². The lowest BCUT2D eigenvalue weighted by Gasteiger charge is -2.22. The van der Waals surface area contributed by atoms with E-state index in [1.807, 2.05) is 12.1 Å². The van der Waals surface area contributed by atoms with E-state index in [0.717, 1.165) is 13.0 Å². The summed E-state index contributed by atoms with van der Waals surface area (Å²) in [6.45, 7) is 3.10. The molecule has 2 heteroatoms. The first-order valence-corrected chi connectivity index (χ1v) is 8.83. The number of aromatic hydroxyl groups is 1. The Labute approximate surface area is 150 Å². The van der Waals surface area contributed by atoms with Crippen LogP contribution in [0.5, 0.6) is 5.75 Å². The topological polar surface area (TPSA) is 32.3 Å². The van der Waals surface area contributed by atoms with Crippen molar-refractivity contribution in [1.29, 1.82) is 0 Å². The molecular weight excluding hydrogens is 306 g/mol. The van der Waals surface area contributed by atoms with Crippen molar-refractivity contribution >= 4 is 0 Å².